The first-order valence-electron chi connectivity index (χ1n) is 9.09. The summed E-state index contributed by atoms with van der Waals surface area (Å²) < 4.78 is 18.7. The highest BCUT2D eigenvalue weighted by Gasteiger charge is 2.24. The molecule has 0 unspecified atom stereocenters. The number of benzene rings is 1. The van der Waals surface area contributed by atoms with Gasteiger partial charge in [-0.15, -0.1) is 0 Å². The molecule has 29 heavy (non-hydrogen) atoms. The molecule has 2 heterocycles. The number of rotatable bonds is 5. The number of nitrogens with two attached hydrogens (primary N) is 1. The van der Waals surface area contributed by atoms with Crippen molar-refractivity contribution in [2.45, 2.75) is 6.92 Å². The number of nitrogen functional groups attached to an aromatic ring is 1. The van der Waals surface area contributed by atoms with Gasteiger partial charge in [0.1, 0.15) is 17.8 Å². The van der Waals surface area contributed by atoms with E-state index >= 15 is 0 Å². The number of hydrogen-bond donors (Lipinski definition) is 3. The third-order valence-corrected chi connectivity index (χ3v) is 4.38. The van der Waals surface area contributed by atoms with Crippen molar-refractivity contribution in [2.24, 2.45) is 0 Å². The average molecular weight is 403 g/mol. The van der Waals surface area contributed by atoms with Crippen LogP contribution in [0.5, 0.6) is 0 Å². The smallest absolute Gasteiger partial charge is 0.409 e. The van der Waals surface area contributed by atoms with E-state index in [0.717, 1.165) is 0 Å². The molecule has 1 saturated heterocycles. The summed E-state index contributed by atoms with van der Waals surface area (Å²) in [7, 11) is 0. The van der Waals surface area contributed by atoms with Crippen LogP contribution in [0.15, 0.2) is 30.6 Å². The van der Waals surface area contributed by atoms with Gasteiger partial charge in [-0.25, -0.2) is 19.2 Å². The first-order chi connectivity index (χ1) is 14.0. The number of carbonyl (C=O) groups is 2. The van der Waals surface area contributed by atoms with Gasteiger partial charge >= 0.3 is 6.09 Å². The van der Waals surface area contributed by atoms with Crippen LogP contribution < -0.4 is 21.5 Å². The van der Waals surface area contributed by atoms with Crippen molar-refractivity contribution in [3.8, 4) is 0 Å². The van der Waals surface area contributed by atoms with Gasteiger partial charge in [0.2, 0.25) is 0 Å². The van der Waals surface area contributed by atoms with E-state index in [0.29, 0.717) is 38.6 Å². The maximum atomic E-state index is 13.7. The van der Waals surface area contributed by atoms with E-state index in [4.69, 9.17) is 10.5 Å². The quantitative estimate of drug-likeness (QED) is 0.637. The monoisotopic (exact) mass is 403 g/mol. The van der Waals surface area contributed by atoms with Gasteiger partial charge in [-0.05, 0) is 19.1 Å². The summed E-state index contributed by atoms with van der Waals surface area (Å²) in [6.45, 7) is 4.05. The Hall–Kier alpha value is -3.63. The highest BCUT2D eigenvalue weighted by atomic mass is 19.1. The zero-order chi connectivity index (χ0) is 20.8. The summed E-state index contributed by atoms with van der Waals surface area (Å²) in [5.74, 6) is -0.632. The van der Waals surface area contributed by atoms with E-state index in [2.05, 4.69) is 20.8 Å². The topological polar surface area (TPSA) is 126 Å². The Morgan fingerprint density at radius 3 is 2.62 bits per heavy atom. The van der Waals surface area contributed by atoms with E-state index in [1.807, 2.05) is 4.90 Å². The fourth-order valence-corrected chi connectivity index (χ4v) is 2.88. The standard InChI is InChI=1S/C18H22FN7O3/c1-2-29-18(28)26-9-7-25(8-10-26)16-14(20)15(21-11-22-16)23-24-17(27)12-5-3-4-6-13(12)19/h3-6,11H,2,7-10,20H2,1H3,(H,24,27)(H,21,22,23). The number of nitrogens with one attached hydrogen (secondary N) is 2. The SMILES string of the molecule is CCOC(=O)N1CCN(c2ncnc(NNC(=O)c3ccccc3F)c2N)CC1. The first-order valence-corrected chi connectivity index (χ1v) is 9.09. The van der Waals surface area contributed by atoms with Crippen molar-refractivity contribution in [1.82, 2.24) is 20.3 Å². The van der Waals surface area contributed by atoms with E-state index in [-0.39, 0.29) is 23.2 Å². The molecule has 10 nitrogen and oxygen atoms in total. The van der Waals surface area contributed by atoms with Crippen LogP contribution in [0.1, 0.15) is 17.3 Å². The molecule has 0 atom stereocenters. The number of halogens is 1. The van der Waals surface area contributed by atoms with Gasteiger partial charge in [0, 0.05) is 26.2 Å². The number of piperazine rings is 1. The molecular formula is C18H22FN7O3. The molecule has 11 heteroatoms. The number of aromatic nitrogens is 2. The molecule has 0 radical (unpaired) electrons. The molecule has 154 valence electrons. The van der Waals surface area contributed by atoms with Crippen molar-refractivity contribution < 1.29 is 18.7 Å². The molecule has 2 aromatic rings. The average Bonchev–Trinajstić information content (AvgIpc) is 2.73. The predicted octanol–water partition coefficient (Wildman–Crippen LogP) is 1.23. The Morgan fingerprint density at radius 1 is 1.21 bits per heavy atom. The van der Waals surface area contributed by atoms with E-state index in [9.17, 15) is 14.0 Å². The summed E-state index contributed by atoms with van der Waals surface area (Å²) in [6, 6.07) is 5.62. The largest absolute Gasteiger partial charge is 0.450 e. The third-order valence-electron chi connectivity index (χ3n) is 4.38. The lowest BCUT2D eigenvalue weighted by Gasteiger charge is -2.35. The van der Waals surface area contributed by atoms with Crippen LogP contribution in [-0.4, -0.2) is 59.7 Å². The van der Waals surface area contributed by atoms with Crippen LogP contribution in [0.3, 0.4) is 0 Å². The molecule has 0 bridgehead atoms. The fraction of sp³-hybridized carbons (Fsp3) is 0.333. The first kappa shape index (κ1) is 20.1. The zero-order valence-corrected chi connectivity index (χ0v) is 15.9. The maximum Gasteiger partial charge on any atom is 0.409 e. The molecule has 3 rings (SSSR count). The predicted molar refractivity (Wildman–Crippen MR) is 105 cm³/mol. The number of nitrogens with zero attached hydrogens (tertiary/aromatic N) is 4. The van der Waals surface area contributed by atoms with Crippen molar-refractivity contribution in [3.05, 3.63) is 42.0 Å². The summed E-state index contributed by atoms with van der Waals surface area (Å²) in [5.41, 5.74) is 11.3. The van der Waals surface area contributed by atoms with E-state index in [1.54, 1.807) is 17.9 Å². The lowest BCUT2D eigenvalue weighted by atomic mass is 10.2. The van der Waals surface area contributed by atoms with E-state index < -0.39 is 11.7 Å². The van der Waals surface area contributed by atoms with Crippen molar-refractivity contribution in [2.75, 3.05) is 48.8 Å². The van der Waals surface area contributed by atoms with Crippen LogP contribution >= 0.6 is 0 Å². The van der Waals surface area contributed by atoms with Crippen LogP contribution in [-0.2, 0) is 4.74 Å². The number of hydrogen-bond acceptors (Lipinski definition) is 8. The Kier molecular flexibility index (Phi) is 6.27. The molecular weight excluding hydrogens is 381 g/mol. The van der Waals surface area contributed by atoms with Gasteiger partial charge in [-0.3, -0.25) is 15.6 Å². The minimum absolute atomic E-state index is 0.108. The van der Waals surface area contributed by atoms with Crippen LogP contribution in [0.25, 0.3) is 0 Å². The van der Waals surface area contributed by atoms with Gasteiger partial charge in [0.05, 0.1) is 12.2 Å². The van der Waals surface area contributed by atoms with Gasteiger partial charge in [0.15, 0.2) is 11.6 Å². The Morgan fingerprint density at radius 2 is 1.93 bits per heavy atom. The second-order valence-corrected chi connectivity index (χ2v) is 6.19. The highest BCUT2D eigenvalue weighted by molar-refractivity contribution is 5.95. The summed E-state index contributed by atoms with van der Waals surface area (Å²) in [5, 5.41) is 0. The second kappa shape index (κ2) is 9.04. The molecule has 1 fully saturated rings. The molecule has 1 aromatic heterocycles. The summed E-state index contributed by atoms with van der Waals surface area (Å²) >= 11 is 0. The summed E-state index contributed by atoms with van der Waals surface area (Å²) in [4.78, 5) is 35.7. The van der Waals surface area contributed by atoms with Crippen LogP contribution in [0.4, 0.5) is 26.5 Å². The third kappa shape index (κ3) is 4.62. The fourth-order valence-electron chi connectivity index (χ4n) is 2.88. The van der Waals surface area contributed by atoms with E-state index in [1.165, 1.54) is 24.5 Å². The molecule has 0 aliphatic carbocycles. The molecule has 1 aliphatic heterocycles. The molecule has 1 aromatic carbocycles. The van der Waals surface area contributed by atoms with Gasteiger partial charge < -0.3 is 20.3 Å². The Bertz CT molecular complexity index is 888. The zero-order valence-electron chi connectivity index (χ0n) is 15.9. The van der Waals surface area contributed by atoms with Gasteiger partial charge in [0.25, 0.3) is 5.91 Å². The number of amides is 2. The van der Waals surface area contributed by atoms with Crippen LogP contribution in [0, 0.1) is 5.82 Å². The molecule has 1 aliphatic rings. The Labute approximate surface area is 166 Å². The van der Waals surface area contributed by atoms with Gasteiger partial charge in [-0.2, -0.15) is 0 Å². The lowest BCUT2D eigenvalue weighted by molar-refractivity contribution is 0.0958. The Balaban J connectivity index is 1.64. The highest BCUT2D eigenvalue weighted by Crippen LogP contribution is 2.26. The van der Waals surface area contributed by atoms with Crippen molar-refractivity contribution in [3.63, 3.8) is 0 Å². The number of ether oxygens (including phenoxy) is 1. The van der Waals surface area contributed by atoms with Crippen molar-refractivity contribution in [1.29, 1.82) is 0 Å². The van der Waals surface area contributed by atoms with Crippen molar-refractivity contribution >= 4 is 29.3 Å². The maximum absolute atomic E-state index is 13.7. The molecule has 2 amide bonds. The minimum Gasteiger partial charge on any atom is -0.450 e. The molecule has 0 spiro atoms. The number of anilines is 3. The van der Waals surface area contributed by atoms with Crippen LogP contribution in [0.2, 0.25) is 0 Å². The van der Waals surface area contributed by atoms with Gasteiger partial charge in [-0.1, -0.05) is 12.1 Å². The summed E-state index contributed by atoms with van der Waals surface area (Å²) in [6.07, 6.45) is 0.960. The molecule has 4 N–H and O–H groups in total. The molecule has 0 saturated carbocycles. The second-order valence-electron chi connectivity index (χ2n) is 6.19. The minimum atomic E-state index is -0.661. The normalized spacial score (nSPS) is 13.7. The number of carbonyl (C=O) groups excluding carboxylic acids is 2. The lowest BCUT2D eigenvalue weighted by Crippen LogP contribution is -2.49. The number of hydrazine groups is 1.